The number of hydrogen-bond acceptors (Lipinski definition) is 6. The molecule has 0 saturated carbocycles. The Balaban J connectivity index is 2.90. The fourth-order valence-corrected chi connectivity index (χ4v) is 1.43. The van der Waals surface area contributed by atoms with E-state index in [0.717, 1.165) is 11.3 Å². The normalized spacial score (nSPS) is 10.8. The standard InChI is InChI=1S/C10H15ClF2N4O2/c1-2-5-19-10-15-8(11)14-9(16-10)17(3-4-18)6-7(12)13/h7,18H,2-6H2,1H3. The Morgan fingerprint density at radius 2 is 2.11 bits per heavy atom. The third-order valence-corrected chi connectivity index (χ3v) is 2.19. The van der Waals surface area contributed by atoms with Crippen molar-refractivity contribution >= 4 is 17.5 Å². The van der Waals surface area contributed by atoms with Gasteiger partial charge < -0.3 is 14.7 Å². The number of aliphatic hydroxyl groups excluding tert-OH is 1. The van der Waals surface area contributed by atoms with E-state index < -0.39 is 13.0 Å². The van der Waals surface area contributed by atoms with Gasteiger partial charge in [0, 0.05) is 6.54 Å². The lowest BCUT2D eigenvalue weighted by Gasteiger charge is -2.21. The lowest BCUT2D eigenvalue weighted by atomic mass is 10.5. The quantitative estimate of drug-likeness (QED) is 0.781. The summed E-state index contributed by atoms with van der Waals surface area (Å²) in [6.07, 6.45) is -1.84. The number of halogens is 3. The summed E-state index contributed by atoms with van der Waals surface area (Å²) in [5.74, 6) is -0.0412. The van der Waals surface area contributed by atoms with E-state index in [1.807, 2.05) is 6.92 Å². The van der Waals surface area contributed by atoms with Gasteiger partial charge in [-0.15, -0.1) is 0 Å². The first-order valence-electron chi connectivity index (χ1n) is 5.75. The van der Waals surface area contributed by atoms with Crippen LogP contribution in [-0.2, 0) is 0 Å². The molecule has 0 spiro atoms. The van der Waals surface area contributed by atoms with E-state index in [1.165, 1.54) is 0 Å². The van der Waals surface area contributed by atoms with Crippen LogP contribution in [0.4, 0.5) is 14.7 Å². The number of anilines is 1. The van der Waals surface area contributed by atoms with Crippen molar-refractivity contribution in [1.29, 1.82) is 0 Å². The first kappa shape index (κ1) is 15.8. The van der Waals surface area contributed by atoms with Crippen LogP contribution in [0.3, 0.4) is 0 Å². The van der Waals surface area contributed by atoms with Gasteiger partial charge in [0.05, 0.1) is 19.8 Å². The molecule has 0 aliphatic carbocycles. The number of ether oxygens (including phenoxy) is 1. The Morgan fingerprint density at radius 3 is 2.68 bits per heavy atom. The van der Waals surface area contributed by atoms with Crippen LogP contribution in [0.15, 0.2) is 0 Å². The smallest absolute Gasteiger partial charge is 0.322 e. The maximum Gasteiger partial charge on any atom is 0.322 e. The van der Waals surface area contributed by atoms with Gasteiger partial charge in [-0.05, 0) is 18.0 Å². The third-order valence-electron chi connectivity index (χ3n) is 2.02. The summed E-state index contributed by atoms with van der Waals surface area (Å²) in [6, 6.07) is -0.0194. The highest BCUT2D eigenvalue weighted by Gasteiger charge is 2.17. The summed E-state index contributed by atoms with van der Waals surface area (Å²) < 4.78 is 30.1. The van der Waals surface area contributed by atoms with E-state index in [9.17, 15) is 8.78 Å². The number of nitrogens with zero attached hydrogens (tertiary/aromatic N) is 4. The molecule has 0 aliphatic heterocycles. The van der Waals surface area contributed by atoms with Crippen molar-refractivity contribution < 1.29 is 18.6 Å². The monoisotopic (exact) mass is 296 g/mol. The Hall–Kier alpha value is -1.28. The van der Waals surface area contributed by atoms with Crippen molar-refractivity contribution in [3.05, 3.63) is 5.28 Å². The molecule has 0 atom stereocenters. The van der Waals surface area contributed by atoms with E-state index >= 15 is 0 Å². The second kappa shape index (κ2) is 8.00. The molecule has 0 fully saturated rings. The summed E-state index contributed by atoms with van der Waals surface area (Å²) in [7, 11) is 0. The lowest BCUT2D eigenvalue weighted by molar-refractivity contribution is 0.152. The Morgan fingerprint density at radius 1 is 1.37 bits per heavy atom. The molecule has 0 bridgehead atoms. The molecule has 0 unspecified atom stereocenters. The third kappa shape index (κ3) is 5.48. The topological polar surface area (TPSA) is 71.4 Å². The minimum absolute atomic E-state index is 0.0194. The summed E-state index contributed by atoms with van der Waals surface area (Å²) in [5.41, 5.74) is 0. The summed E-state index contributed by atoms with van der Waals surface area (Å²) in [5, 5.41) is 8.72. The predicted octanol–water partition coefficient (Wildman–Crippen LogP) is 1.38. The zero-order valence-corrected chi connectivity index (χ0v) is 11.1. The fourth-order valence-electron chi connectivity index (χ4n) is 1.28. The van der Waals surface area contributed by atoms with Crippen LogP contribution in [0.25, 0.3) is 0 Å². The average molecular weight is 297 g/mol. The number of alkyl halides is 2. The second-order valence-corrected chi connectivity index (χ2v) is 3.93. The van der Waals surface area contributed by atoms with Gasteiger partial charge in [-0.25, -0.2) is 8.78 Å². The molecule has 1 aromatic rings. The summed E-state index contributed by atoms with van der Waals surface area (Å²) >= 11 is 5.69. The number of aromatic nitrogens is 3. The largest absolute Gasteiger partial charge is 0.463 e. The molecule has 9 heteroatoms. The van der Waals surface area contributed by atoms with Gasteiger partial charge in [0.2, 0.25) is 11.2 Å². The molecule has 19 heavy (non-hydrogen) atoms. The SMILES string of the molecule is CCCOc1nc(Cl)nc(N(CCO)CC(F)F)n1. The van der Waals surface area contributed by atoms with Crippen LogP contribution in [-0.4, -0.2) is 52.8 Å². The van der Waals surface area contributed by atoms with Crippen molar-refractivity contribution in [3.63, 3.8) is 0 Å². The van der Waals surface area contributed by atoms with Crippen molar-refractivity contribution in [2.45, 2.75) is 19.8 Å². The molecule has 0 aliphatic rings. The predicted molar refractivity (Wildman–Crippen MR) is 65.9 cm³/mol. The van der Waals surface area contributed by atoms with Crippen LogP contribution in [0.5, 0.6) is 6.01 Å². The van der Waals surface area contributed by atoms with E-state index in [2.05, 4.69) is 15.0 Å². The first-order valence-corrected chi connectivity index (χ1v) is 6.13. The van der Waals surface area contributed by atoms with Crippen LogP contribution in [0.1, 0.15) is 13.3 Å². The Labute approximate surface area is 114 Å². The first-order chi connectivity index (χ1) is 9.06. The van der Waals surface area contributed by atoms with Crippen molar-refractivity contribution in [2.75, 3.05) is 31.2 Å². The number of aliphatic hydroxyl groups is 1. The van der Waals surface area contributed by atoms with Gasteiger partial charge in [-0.2, -0.15) is 15.0 Å². The molecule has 108 valence electrons. The van der Waals surface area contributed by atoms with Gasteiger partial charge in [0.25, 0.3) is 6.43 Å². The highest BCUT2D eigenvalue weighted by molar-refractivity contribution is 6.28. The second-order valence-electron chi connectivity index (χ2n) is 3.60. The molecule has 0 radical (unpaired) electrons. The molecule has 1 heterocycles. The molecule has 0 aromatic carbocycles. The number of rotatable bonds is 8. The van der Waals surface area contributed by atoms with E-state index in [-0.39, 0.29) is 30.4 Å². The van der Waals surface area contributed by atoms with Gasteiger partial charge in [0.1, 0.15) is 0 Å². The minimum Gasteiger partial charge on any atom is -0.463 e. The van der Waals surface area contributed by atoms with Gasteiger partial charge in [-0.1, -0.05) is 6.92 Å². The van der Waals surface area contributed by atoms with Crippen molar-refractivity contribution in [3.8, 4) is 6.01 Å². The van der Waals surface area contributed by atoms with Crippen molar-refractivity contribution in [1.82, 2.24) is 15.0 Å². The maximum atomic E-state index is 12.4. The number of hydrogen-bond donors (Lipinski definition) is 1. The highest BCUT2D eigenvalue weighted by Crippen LogP contribution is 2.16. The van der Waals surface area contributed by atoms with E-state index in [4.69, 9.17) is 21.4 Å². The molecule has 6 nitrogen and oxygen atoms in total. The van der Waals surface area contributed by atoms with Gasteiger partial charge in [-0.3, -0.25) is 0 Å². The van der Waals surface area contributed by atoms with Crippen molar-refractivity contribution in [2.24, 2.45) is 0 Å². The summed E-state index contributed by atoms with van der Waals surface area (Å²) in [6.45, 7) is 1.35. The highest BCUT2D eigenvalue weighted by atomic mass is 35.5. The average Bonchev–Trinajstić information content (AvgIpc) is 2.34. The molecule has 1 rings (SSSR count). The fraction of sp³-hybridized carbons (Fsp3) is 0.700. The van der Waals surface area contributed by atoms with Gasteiger partial charge in [0.15, 0.2) is 0 Å². The van der Waals surface area contributed by atoms with Gasteiger partial charge >= 0.3 is 6.01 Å². The minimum atomic E-state index is -2.58. The van der Waals surface area contributed by atoms with Crippen LogP contribution >= 0.6 is 11.6 Å². The maximum absolute atomic E-state index is 12.4. The molecule has 1 aromatic heterocycles. The van der Waals surface area contributed by atoms with Crippen LogP contribution in [0.2, 0.25) is 5.28 Å². The zero-order chi connectivity index (χ0) is 14.3. The molecule has 0 saturated heterocycles. The van der Waals surface area contributed by atoms with E-state index in [1.54, 1.807) is 0 Å². The van der Waals surface area contributed by atoms with Crippen LogP contribution in [0, 0.1) is 0 Å². The Bertz CT molecular complexity index is 398. The van der Waals surface area contributed by atoms with Crippen LogP contribution < -0.4 is 9.64 Å². The van der Waals surface area contributed by atoms with E-state index in [0.29, 0.717) is 6.61 Å². The molecule has 1 N–H and O–H groups in total. The molecular weight excluding hydrogens is 282 g/mol. The molecule has 0 amide bonds. The lowest BCUT2D eigenvalue weighted by Crippen LogP contribution is -2.33. The summed E-state index contributed by atoms with van der Waals surface area (Å²) in [4.78, 5) is 12.5. The molecular formula is C10H15ClF2N4O2. The Kier molecular flexibility index (Phi) is 6.65. The zero-order valence-electron chi connectivity index (χ0n) is 10.4.